The van der Waals surface area contributed by atoms with Crippen LogP contribution in [0.4, 0.5) is 17.5 Å². The first-order chi connectivity index (χ1) is 9.65. The van der Waals surface area contributed by atoms with Crippen molar-refractivity contribution in [2.75, 3.05) is 17.7 Å². The van der Waals surface area contributed by atoms with Crippen LogP contribution in [-0.2, 0) is 13.1 Å². The Morgan fingerprint density at radius 1 is 1.50 bits per heavy atom. The molecular formula is C10H14N8O2. The predicted octanol–water partition coefficient (Wildman–Crippen LogP) is 0.650. The minimum absolute atomic E-state index is 0.139. The minimum atomic E-state index is -0.535. The van der Waals surface area contributed by atoms with E-state index in [4.69, 9.17) is 0 Å². The summed E-state index contributed by atoms with van der Waals surface area (Å²) in [5.41, 5.74) is -0.188. The van der Waals surface area contributed by atoms with Crippen molar-refractivity contribution in [3.05, 3.63) is 28.5 Å². The maximum absolute atomic E-state index is 10.9. The summed E-state index contributed by atoms with van der Waals surface area (Å²) in [7, 11) is 1.64. The monoisotopic (exact) mass is 278 g/mol. The Morgan fingerprint density at radius 2 is 2.30 bits per heavy atom. The quantitative estimate of drug-likeness (QED) is 0.583. The molecule has 0 aromatic carbocycles. The van der Waals surface area contributed by atoms with Crippen LogP contribution < -0.4 is 10.6 Å². The third-order valence-electron chi connectivity index (χ3n) is 2.64. The van der Waals surface area contributed by atoms with Gasteiger partial charge in [-0.05, 0) is 6.92 Å². The molecule has 0 unspecified atom stereocenters. The van der Waals surface area contributed by atoms with E-state index in [1.807, 2.05) is 11.5 Å². The molecule has 0 bridgehead atoms. The van der Waals surface area contributed by atoms with E-state index in [0.717, 1.165) is 12.7 Å². The van der Waals surface area contributed by atoms with Crippen LogP contribution in [0, 0.1) is 10.1 Å². The van der Waals surface area contributed by atoms with E-state index in [1.54, 1.807) is 13.4 Å². The highest BCUT2D eigenvalue weighted by atomic mass is 16.6. The van der Waals surface area contributed by atoms with E-state index in [2.05, 4.69) is 30.8 Å². The summed E-state index contributed by atoms with van der Waals surface area (Å²) in [6.45, 7) is 2.96. The zero-order chi connectivity index (χ0) is 14.5. The van der Waals surface area contributed by atoms with Gasteiger partial charge in [0.15, 0.2) is 5.82 Å². The summed E-state index contributed by atoms with van der Waals surface area (Å²) >= 11 is 0. The smallest absolute Gasteiger partial charge is 0.329 e. The number of hydrogen-bond acceptors (Lipinski definition) is 8. The fraction of sp³-hybridized carbons (Fsp3) is 0.400. The average molecular weight is 278 g/mol. The molecule has 2 aromatic heterocycles. The van der Waals surface area contributed by atoms with Crippen molar-refractivity contribution in [2.45, 2.75) is 20.0 Å². The normalized spacial score (nSPS) is 10.3. The molecule has 0 saturated carbocycles. The maximum atomic E-state index is 10.9. The zero-order valence-electron chi connectivity index (χ0n) is 11.1. The van der Waals surface area contributed by atoms with Gasteiger partial charge in [-0.25, -0.2) is 4.98 Å². The van der Waals surface area contributed by atoms with Gasteiger partial charge in [-0.1, -0.05) is 0 Å². The summed E-state index contributed by atoms with van der Waals surface area (Å²) in [6.07, 6.45) is 2.76. The Morgan fingerprint density at radius 3 is 2.95 bits per heavy atom. The first-order valence-electron chi connectivity index (χ1n) is 5.95. The fourth-order valence-corrected chi connectivity index (χ4v) is 1.60. The first kappa shape index (κ1) is 13.6. The Hall–Kier alpha value is -2.78. The third-order valence-corrected chi connectivity index (χ3v) is 2.64. The van der Waals surface area contributed by atoms with Gasteiger partial charge in [0.25, 0.3) is 0 Å². The number of hydrogen-bond donors (Lipinski definition) is 2. The van der Waals surface area contributed by atoms with Crippen LogP contribution in [-0.4, -0.2) is 36.7 Å². The lowest BCUT2D eigenvalue weighted by atomic mass is 10.4. The van der Waals surface area contributed by atoms with E-state index in [9.17, 15) is 10.1 Å². The summed E-state index contributed by atoms with van der Waals surface area (Å²) in [5.74, 6) is 1.11. The number of aryl methyl sites for hydroxylation is 1. The molecule has 0 amide bonds. The number of nitrogens with zero attached hydrogens (tertiary/aromatic N) is 6. The van der Waals surface area contributed by atoms with E-state index in [1.165, 1.54) is 0 Å². The number of nitro groups is 1. The number of rotatable bonds is 6. The number of aromatic nitrogens is 5. The van der Waals surface area contributed by atoms with Gasteiger partial charge in [-0.2, -0.15) is 4.98 Å². The molecule has 0 saturated heterocycles. The number of nitrogens with one attached hydrogen (secondary N) is 2. The van der Waals surface area contributed by atoms with Crippen LogP contribution in [0.2, 0.25) is 0 Å². The third kappa shape index (κ3) is 2.79. The minimum Gasteiger partial charge on any atom is -0.357 e. The van der Waals surface area contributed by atoms with Gasteiger partial charge in [0.2, 0.25) is 11.8 Å². The van der Waals surface area contributed by atoms with Gasteiger partial charge in [-0.15, -0.1) is 10.2 Å². The molecule has 0 aliphatic carbocycles. The number of anilines is 2. The molecule has 2 rings (SSSR count). The van der Waals surface area contributed by atoms with E-state index in [-0.39, 0.29) is 18.1 Å². The lowest BCUT2D eigenvalue weighted by molar-refractivity contribution is -0.384. The first-order valence-corrected chi connectivity index (χ1v) is 5.95. The molecule has 2 N–H and O–H groups in total. The Labute approximate surface area is 114 Å². The maximum Gasteiger partial charge on any atom is 0.329 e. The van der Waals surface area contributed by atoms with Crippen LogP contribution in [0.5, 0.6) is 0 Å². The van der Waals surface area contributed by atoms with Crippen LogP contribution in [0.15, 0.2) is 12.5 Å². The summed E-state index contributed by atoms with van der Waals surface area (Å²) in [4.78, 5) is 18.3. The van der Waals surface area contributed by atoms with Gasteiger partial charge in [-0.3, -0.25) is 10.1 Å². The molecule has 0 radical (unpaired) electrons. The Bertz CT molecular complexity index is 611. The second-order valence-corrected chi connectivity index (χ2v) is 3.82. The van der Waals surface area contributed by atoms with Crippen molar-refractivity contribution >= 4 is 17.5 Å². The Kier molecular flexibility index (Phi) is 4.03. The van der Waals surface area contributed by atoms with Gasteiger partial charge >= 0.3 is 5.69 Å². The van der Waals surface area contributed by atoms with Gasteiger partial charge in [0.05, 0.1) is 11.5 Å². The molecule has 10 nitrogen and oxygen atoms in total. The SMILES string of the molecule is CCn1cnnc1CNc1nc(NC)ncc1[N+](=O)[O-]. The molecule has 0 aliphatic heterocycles. The van der Waals surface area contributed by atoms with E-state index < -0.39 is 4.92 Å². The summed E-state index contributed by atoms with van der Waals surface area (Å²) in [5, 5.41) is 24.3. The van der Waals surface area contributed by atoms with E-state index >= 15 is 0 Å². The van der Waals surface area contributed by atoms with Crippen molar-refractivity contribution in [2.24, 2.45) is 0 Å². The standard InChI is InChI=1S/C10H14N8O2/c1-3-17-6-14-16-8(17)5-12-9-7(18(19)20)4-13-10(11-2)15-9/h4,6H,3,5H2,1-2H3,(H2,11,12,13,15). The van der Waals surface area contributed by atoms with Crippen molar-refractivity contribution in [1.82, 2.24) is 24.7 Å². The van der Waals surface area contributed by atoms with Crippen LogP contribution in [0.1, 0.15) is 12.7 Å². The molecule has 106 valence electrons. The van der Waals surface area contributed by atoms with Gasteiger partial charge in [0.1, 0.15) is 12.5 Å². The van der Waals surface area contributed by atoms with Crippen LogP contribution in [0.25, 0.3) is 0 Å². The molecule has 0 aliphatic rings. The highest BCUT2D eigenvalue weighted by Gasteiger charge is 2.17. The highest BCUT2D eigenvalue weighted by Crippen LogP contribution is 2.22. The van der Waals surface area contributed by atoms with Gasteiger partial charge < -0.3 is 15.2 Å². The second-order valence-electron chi connectivity index (χ2n) is 3.82. The molecule has 0 atom stereocenters. The molecule has 2 heterocycles. The van der Waals surface area contributed by atoms with E-state index in [0.29, 0.717) is 11.8 Å². The van der Waals surface area contributed by atoms with Crippen molar-refractivity contribution in [3.8, 4) is 0 Å². The lowest BCUT2D eigenvalue weighted by Crippen LogP contribution is -2.11. The fourth-order valence-electron chi connectivity index (χ4n) is 1.60. The van der Waals surface area contributed by atoms with Crippen LogP contribution >= 0.6 is 0 Å². The Balaban J connectivity index is 2.21. The molecule has 10 heteroatoms. The van der Waals surface area contributed by atoms with Crippen LogP contribution in [0.3, 0.4) is 0 Å². The summed E-state index contributed by atoms with van der Waals surface area (Å²) < 4.78 is 1.83. The summed E-state index contributed by atoms with van der Waals surface area (Å²) in [6, 6.07) is 0. The highest BCUT2D eigenvalue weighted by molar-refractivity contribution is 5.56. The zero-order valence-corrected chi connectivity index (χ0v) is 11.1. The predicted molar refractivity (Wildman–Crippen MR) is 71.3 cm³/mol. The van der Waals surface area contributed by atoms with Gasteiger partial charge in [0, 0.05) is 13.6 Å². The second kappa shape index (κ2) is 5.91. The molecule has 2 aromatic rings. The lowest BCUT2D eigenvalue weighted by Gasteiger charge is -2.07. The molecule has 0 fully saturated rings. The van der Waals surface area contributed by atoms with Crippen molar-refractivity contribution in [1.29, 1.82) is 0 Å². The topological polar surface area (TPSA) is 124 Å². The van der Waals surface area contributed by atoms with Crippen molar-refractivity contribution in [3.63, 3.8) is 0 Å². The molecule has 20 heavy (non-hydrogen) atoms. The largest absolute Gasteiger partial charge is 0.357 e. The van der Waals surface area contributed by atoms with Crippen molar-refractivity contribution < 1.29 is 4.92 Å². The average Bonchev–Trinajstić information content (AvgIpc) is 2.91. The molecule has 0 spiro atoms. The molecular weight excluding hydrogens is 264 g/mol.